The van der Waals surface area contributed by atoms with Gasteiger partial charge in [0.05, 0.1) is 0 Å². The van der Waals surface area contributed by atoms with Crippen molar-refractivity contribution < 1.29 is 4.79 Å². The Kier molecular flexibility index (Phi) is 4.87. The summed E-state index contributed by atoms with van der Waals surface area (Å²) in [4.78, 5) is 12.1. The lowest BCUT2D eigenvalue weighted by Crippen LogP contribution is -2.31. The first-order chi connectivity index (χ1) is 9.06. The summed E-state index contributed by atoms with van der Waals surface area (Å²) in [6.45, 7) is 5.03. The molecule has 2 nitrogen and oxygen atoms in total. The van der Waals surface area contributed by atoms with Gasteiger partial charge >= 0.3 is 0 Å². The predicted octanol–water partition coefficient (Wildman–Crippen LogP) is 4.20. The zero-order chi connectivity index (χ0) is 13.8. The lowest BCUT2D eigenvalue weighted by Gasteiger charge is -2.26. The van der Waals surface area contributed by atoms with Crippen molar-refractivity contribution in [1.29, 1.82) is 0 Å². The molecule has 3 heteroatoms. The van der Waals surface area contributed by atoms with E-state index in [0.717, 1.165) is 23.6 Å². The molecule has 0 radical (unpaired) electrons. The first kappa shape index (κ1) is 14.4. The summed E-state index contributed by atoms with van der Waals surface area (Å²) in [6, 6.07) is 5.40. The molecule has 1 saturated carbocycles. The monoisotopic (exact) mass is 279 g/mol. The van der Waals surface area contributed by atoms with Crippen molar-refractivity contribution >= 4 is 17.5 Å². The van der Waals surface area contributed by atoms with Crippen molar-refractivity contribution in [2.24, 2.45) is 11.8 Å². The van der Waals surface area contributed by atoms with E-state index in [0.29, 0.717) is 10.9 Å². The number of benzene rings is 1. The zero-order valence-electron chi connectivity index (χ0n) is 11.7. The number of hydrogen-bond donors (Lipinski definition) is 1. The molecule has 1 N–H and O–H groups in total. The highest BCUT2D eigenvalue weighted by atomic mass is 35.5. The Bertz CT molecular complexity index is 450. The summed E-state index contributed by atoms with van der Waals surface area (Å²) in [5, 5.41) is 3.74. The average Bonchev–Trinajstić information content (AvgIpc) is 2.37. The van der Waals surface area contributed by atoms with Gasteiger partial charge in [0.1, 0.15) is 0 Å². The molecule has 0 aromatic heterocycles. The van der Waals surface area contributed by atoms with Crippen molar-refractivity contribution in [3.05, 3.63) is 34.3 Å². The maximum absolute atomic E-state index is 12.1. The minimum atomic E-state index is 0.0211. The van der Waals surface area contributed by atoms with E-state index in [1.807, 2.05) is 13.0 Å². The van der Waals surface area contributed by atoms with Crippen molar-refractivity contribution in [1.82, 2.24) is 5.32 Å². The van der Waals surface area contributed by atoms with Crippen LogP contribution in [0.4, 0.5) is 0 Å². The number of hydrogen-bond acceptors (Lipinski definition) is 1. The van der Waals surface area contributed by atoms with Gasteiger partial charge < -0.3 is 5.32 Å². The summed E-state index contributed by atoms with van der Waals surface area (Å²) in [7, 11) is 0. The molecule has 2 rings (SSSR count). The zero-order valence-corrected chi connectivity index (χ0v) is 12.5. The maximum Gasteiger partial charge on any atom is 0.251 e. The van der Waals surface area contributed by atoms with Crippen molar-refractivity contribution in [3.8, 4) is 0 Å². The van der Waals surface area contributed by atoms with E-state index in [4.69, 9.17) is 11.6 Å². The molecule has 0 unspecified atom stereocenters. The van der Waals surface area contributed by atoms with Gasteiger partial charge in [0, 0.05) is 17.1 Å². The average molecular weight is 280 g/mol. The molecule has 0 saturated heterocycles. The fraction of sp³-hybridized carbons (Fsp3) is 0.562. The van der Waals surface area contributed by atoms with Gasteiger partial charge in [-0.2, -0.15) is 0 Å². The molecule has 0 spiro atoms. The third kappa shape index (κ3) is 3.97. The lowest BCUT2D eigenvalue weighted by atomic mass is 9.83. The van der Waals surface area contributed by atoms with Crippen LogP contribution in [0.1, 0.15) is 48.5 Å². The second-order valence-electron chi connectivity index (χ2n) is 5.80. The largest absolute Gasteiger partial charge is 0.352 e. The van der Waals surface area contributed by atoms with Crippen molar-refractivity contribution in [3.63, 3.8) is 0 Å². The third-order valence-corrected chi connectivity index (χ3v) is 4.35. The number of rotatable bonds is 3. The lowest BCUT2D eigenvalue weighted by molar-refractivity contribution is 0.0941. The van der Waals surface area contributed by atoms with Gasteiger partial charge in [0.2, 0.25) is 0 Å². The Hall–Kier alpha value is -1.02. The molecule has 1 amide bonds. The Balaban J connectivity index is 1.87. The van der Waals surface area contributed by atoms with Gasteiger partial charge in [0.15, 0.2) is 0 Å². The van der Waals surface area contributed by atoms with Crippen LogP contribution in [0.2, 0.25) is 5.02 Å². The van der Waals surface area contributed by atoms with Gasteiger partial charge in [-0.25, -0.2) is 0 Å². The highest BCUT2D eigenvalue weighted by Gasteiger charge is 2.19. The van der Waals surface area contributed by atoms with E-state index < -0.39 is 0 Å². The van der Waals surface area contributed by atoms with Gasteiger partial charge in [-0.05, 0) is 55.4 Å². The molecule has 19 heavy (non-hydrogen) atoms. The highest BCUT2D eigenvalue weighted by Crippen LogP contribution is 2.27. The molecule has 104 valence electrons. The molecule has 1 aromatic carbocycles. The summed E-state index contributed by atoms with van der Waals surface area (Å²) in [5.41, 5.74) is 1.66. The van der Waals surface area contributed by atoms with E-state index in [1.165, 1.54) is 25.7 Å². The smallest absolute Gasteiger partial charge is 0.251 e. The Labute approximate surface area is 120 Å². The number of halogens is 1. The summed E-state index contributed by atoms with van der Waals surface area (Å²) >= 11 is 5.90. The predicted molar refractivity (Wildman–Crippen MR) is 79.6 cm³/mol. The third-order valence-electron chi connectivity index (χ3n) is 4.12. The molecule has 0 atom stereocenters. The van der Waals surface area contributed by atoms with Crippen LogP contribution in [0.15, 0.2) is 18.2 Å². The van der Waals surface area contributed by atoms with Crippen LogP contribution in [0.3, 0.4) is 0 Å². The quantitative estimate of drug-likeness (QED) is 0.882. The number of aryl methyl sites for hydroxylation is 1. The topological polar surface area (TPSA) is 29.1 Å². The van der Waals surface area contributed by atoms with Crippen molar-refractivity contribution in [2.75, 3.05) is 6.54 Å². The van der Waals surface area contributed by atoms with Crippen LogP contribution in [0.25, 0.3) is 0 Å². The molecule has 1 fully saturated rings. The normalized spacial score (nSPS) is 23.1. The summed E-state index contributed by atoms with van der Waals surface area (Å²) in [5.74, 6) is 1.52. The Morgan fingerprint density at radius 2 is 2.00 bits per heavy atom. The van der Waals surface area contributed by atoms with Gasteiger partial charge in [-0.3, -0.25) is 4.79 Å². The molecule has 1 aromatic rings. The van der Waals surface area contributed by atoms with Gasteiger partial charge in [-0.15, -0.1) is 0 Å². The van der Waals surface area contributed by atoms with Crippen molar-refractivity contribution in [2.45, 2.75) is 39.5 Å². The minimum Gasteiger partial charge on any atom is -0.352 e. The van der Waals surface area contributed by atoms with Gasteiger partial charge in [-0.1, -0.05) is 31.4 Å². The fourth-order valence-corrected chi connectivity index (χ4v) is 2.97. The molecule has 1 aliphatic carbocycles. The van der Waals surface area contributed by atoms with Crippen LogP contribution in [0, 0.1) is 18.8 Å². The molecular formula is C16H22ClNO. The standard InChI is InChI=1S/C16H22ClNO/c1-11-3-5-13(6-4-11)10-18-16(19)15-8-7-14(17)9-12(15)2/h7-9,11,13H,3-6,10H2,1-2H3,(H,18,19). The van der Waals surface area contributed by atoms with E-state index in [9.17, 15) is 4.79 Å². The van der Waals surface area contributed by atoms with Crippen LogP contribution < -0.4 is 5.32 Å². The van der Waals surface area contributed by atoms with E-state index >= 15 is 0 Å². The van der Waals surface area contributed by atoms with E-state index in [-0.39, 0.29) is 5.91 Å². The Morgan fingerprint density at radius 3 is 2.63 bits per heavy atom. The second kappa shape index (κ2) is 6.42. The summed E-state index contributed by atoms with van der Waals surface area (Å²) in [6.07, 6.45) is 5.06. The van der Waals surface area contributed by atoms with Crippen LogP contribution in [-0.4, -0.2) is 12.5 Å². The second-order valence-corrected chi connectivity index (χ2v) is 6.23. The molecule has 0 aliphatic heterocycles. The highest BCUT2D eigenvalue weighted by molar-refractivity contribution is 6.30. The maximum atomic E-state index is 12.1. The summed E-state index contributed by atoms with van der Waals surface area (Å²) < 4.78 is 0. The Morgan fingerprint density at radius 1 is 1.32 bits per heavy atom. The number of amides is 1. The molecule has 0 bridgehead atoms. The SMILES string of the molecule is Cc1cc(Cl)ccc1C(=O)NCC1CCC(C)CC1. The first-order valence-electron chi connectivity index (χ1n) is 7.10. The van der Waals surface area contributed by atoms with Crippen LogP contribution in [0.5, 0.6) is 0 Å². The molecular weight excluding hydrogens is 258 g/mol. The minimum absolute atomic E-state index is 0.0211. The van der Waals surface area contributed by atoms with Crippen LogP contribution in [-0.2, 0) is 0 Å². The number of nitrogens with one attached hydrogen (secondary N) is 1. The fourth-order valence-electron chi connectivity index (χ4n) is 2.75. The van der Waals surface area contributed by atoms with E-state index in [2.05, 4.69) is 12.2 Å². The number of carbonyl (C=O) groups excluding carboxylic acids is 1. The van der Waals surface area contributed by atoms with Gasteiger partial charge in [0.25, 0.3) is 5.91 Å². The number of carbonyl (C=O) groups is 1. The first-order valence-corrected chi connectivity index (χ1v) is 7.48. The molecule has 1 aliphatic rings. The van der Waals surface area contributed by atoms with E-state index in [1.54, 1.807) is 12.1 Å². The van der Waals surface area contributed by atoms with Crippen LogP contribution >= 0.6 is 11.6 Å². The molecule has 0 heterocycles.